The minimum Gasteiger partial charge on any atom is -0.366 e. The van der Waals surface area contributed by atoms with Crippen LogP contribution in [-0.2, 0) is 19.4 Å². The number of H-pyrrole nitrogens is 1. The van der Waals surface area contributed by atoms with Crippen LogP contribution in [0.3, 0.4) is 0 Å². The zero-order chi connectivity index (χ0) is 19.0. The molecule has 27 heavy (non-hydrogen) atoms. The fourth-order valence-electron chi connectivity index (χ4n) is 3.60. The van der Waals surface area contributed by atoms with Crippen molar-refractivity contribution in [1.29, 1.82) is 0 Å². The van der Waals surface area contributed by atoms with Crippen molar-refractivity contribution in [3.8, 4) is 11.3 Å². The second kappa shape index (κ2) is 6.76. The molecule has 0 atom stereocenters. The van der Waals surface area contributed by atoms with Crippen molar-refractivity contribution in [2.24, 2.45) is 5.41 Å². The van der Waals surface area contributed by atoms with E-state index in [0.29, 0.717) is 17.9 Å². The van der Waals surface area contributed by atoms with E-state index in [9.17, 15) is 8.78 Å². The number of halogens is 2. The van der Waals surface area contributed by atoms with Gasteiger partial charge in [-0.2, -0.15) is 9.49 Å². The third-order valence-corrected chi connectivity index (χ3v) is 5.11. The van der Waals surface area contributed by atoms with Crippen LogP contribution in [0.15, 0.2) is 36.4 Å². The number of aromatic nitrogens is 3. The summed E-state index contributed by atoms with van der Waals surface area (Å²) in [5.41, 5.74) is 4.96. The highest BCUT2D eigenvalue weighted by Gasteiger charge is 2.29. The van der Waals surface area contributed by atoms with E-state index in [0.717, 1.165) is 36.2 Å². The van der Waals surface area contributed by atoms with Gasteiger partial charge >= 0.3 is 0 Å². The monoisotopic (exact) mass is 368 g/mol. The van der Waals surface area contributed by atoms with Crippen LogP contribution in [0.2, 0.25) is 0 Å². The number of hydrogen-bond acceptors (Lipinski definition) is 3. The highest BCUT2D eigenvalue weighted by atomic mass is 19.1. The molecule has 3 aromatic rings. The number of pyridine rings is 1. The molecule has 2 heterocycles. The van der Waals surface area contributed by atoms with Crippen LogP contribution in [0.1, 0.15) is 37.1 Å². The summed E-state index contributed by atoms with van der Waals surface area (Å²) in [6.07, 6.45) is 2.95. The molecular formula is C21H22F2N4. The van der Waals surface area contributed by atoms with E-state index in [2.05, 4.69) is 34.3 Å². The minimum absolute atomic E-state index is 0.252. The van der Waals surface area contributed by atoms with Gasteiger partial charge in [-0.05, 0) is 48.4 Å². The molecule has 0 aliphatic heterocycles. The Kier molecular flexibility index (Phi) is 4.42. The molecule has 0 amide bonds. The third kappa shape index (κ3) is 3.84. The van der Waals surface area contributed by atoms with Gasteiger partial charge in [-0.1, -0.05) is 26.0 Å². The van der Waals surface area contributed by atoms with Crippen molar-refractivity contribution in [3.05, 3.63) is 65.0 Å². The molecule has 6 heteroatoms. The predicted molar refractivity (Wildman–Crippen MR) is 101 cm³/mol. The van der Waals surface area contributed by atoms with Crippen molar-refractivity contribution in [2.75, 3.05) is 5.32 Å². The molecule has 1 aliphatic carbocycles. The van der Waals surface area contributed by atoms with E-state index >= 15 is 0 Å². The summed E-state index contributed by atoms with van der Waals surface area (Å²) in [5, 5.41) is 10.7. The number of benzene rings is 1. The van der Waals surface area contributed by atoms with Gasteiger partial charge in [-0.15, -0.1) is 0 Å². The lowest BCUT2D eigenvalue weighted by molar-refractivity contribution is 0.312. The third-order valence-electron chi connectivity index (χ3n) is 5.11. The molecule has 0 fully saturated rings. The lowest BCUT2D eigenvalue weighted by atomic mass is 9.76. The molecule has 2 aromatic heterocycles. The molecule has 0 saturated heterocycles. The van der Waals surface area contributed by atoms with E-state index in [1.165, 1.54) is 23.8 Å². The Morgan fingerprint density at radius 1 is 1.15 bits per heavy atom. The van der Waals surface area contributed by atoms with Gasteiger partial charge in [0.25, 0.3) is 0 Å². The Balaban J connectivity index is 1.58. The van der Waals surface area contributed by atoms with E-state index in [1.54, 1.807) is 12.1 Å². The maximum atomic E-state index is 14.1. The zero-order valence-corrected chi connectivity index (χ0v) is 15.4. The average molecular weight is 368 g/mol. The summed E-state index contributed by atoms with van der Waals surface area (Å²) in [4.78, 5) is 3.92. The topological polar surface area (TPSA) is 53.6 Å². The molecule has 0 unspecified atom stereocenters. The second-order valence-corrected chi connectivity index (χ2v) is 7.91. The maximum Gasteiger partial charge on any atom is 0.215 e. The van der Waals surface area contributed by atoms with Crippen LogP contribution in [-0.4, -0.2) is 15.2 Å². The average Bonchev–Trinajstić information content (AvgIpc) is 3.02. The van der Waals surface area contributed by atoms with Crippen LogP contribution in [0.5, 0.6) is 0 Å². The van der Waals surface area contributed by atoms with Crippen LogP contribution < -0.4 is 5.32 Å². The molecule has 0 bridgehead atoms. The lowest BCUT2D eigenvalue weighted by Gasteiger charge is -2.29. The van der Waals surface area contributed by atoms with Crippen molar-refractivity contribution in [2.45, 2.75) is 39.7 Å². The van der Waals surface area contributed by atoms with Crippen molar-refractivity contribution < 1.29 is 8.78 Å². The summed E-state index contributed by atoms with van der Waals surface area (Å²) in [6.45, 7) is 4.93. The zero-order valence-electron chi connectivity index (χ0n) is 15.4. The number of anilines is 1. The van der Waals surface area contributed by atoms with Crippen molar-refractivity contribution in [3.63, 3.8) is 0 Å². The fourth-order valence-corrected chi connectivity index (χ4v) is 3.60. The number of nitrogens with zero attached hydrogens (tertiary/aromatic N) is 2. The summed E-state index contributed by atoms with van der Waals surface area (Å²) in [7, 11) is 0. The quantitative estimate of drug-likeness (QED) is 0.646. The molecule has 1 aromatic carbocycles. The first-order valence-electron chi connectivity index (χ1n) is 9.12. The summed E-state index contributed by atoms with van der Waals surface area (Å²) < 4.78 is 27.1. The first-order valence-corrected chi connectivity index (χ1v) is 9.12. The van der Waals surface area contributed by atoms with E-state index in [-0.39, 0.29) is 11.2 Å². The van der Waals surface area contributed by atoms with Gasteiger partial charge in [0.05, 0.1) is 5.69 Å². The molecule has 4 rings (SSSR count). The summed E-state index contributed by atoms with van der Waals surface area (Å²) >= 11 is 0. The number of hydrogen-bond donors (Lipinski definition) is 2. The molecule has 140 valence electrons. The van der Waals surface area contributed by atoms with Crippen LogP contribution in [0.25, 0.3) is 11.3 Å². The normalized spacial score (nSPS) is 15.4. The second-order valence-electron chi connectivity index (χ2n) is 7.91. The van der Waals surface area contributed by atoms with Gasteiger partial charge in [0.1, 0.15) is 11.6 Å². The molecule has 0 spiro atoms. The number of fused-ring (bicyclic) bond motifs is 1. The van der Waals surface area contributed by atoms with E-state index in [1.807, 2.05) is 6.07 Å². The summed E-state index contributed by atoms with van der Waals surface area (Å²) in [5.74, 6) is -0.402. The molecular weight excluding hydrogens is 346 g/mol. The molecule has 4 nitrogen and oxygen atoms in total. The Morgan fingerprint density at radius 3 is 2.70 bits per heavy atom. The van der Waals surface area contributed by atoms with Crippen LogP contribution >= 0.6 is 0 Å². The predicted octanol–water partition coefficient (Wildman–Crippen LogP) is 4.88. The Labute approximate surface area is 157 Å². The molecule has 1 aliphatic rings. The fraction of sp³-hybridized carbons (Fsp3) is 0.333. The van der Waals surface area contributed by atoms with Crippen LogP contribution in [0.4, 0.5) is 14.6 Å². The highest BCUT2D eigenvalue weighted by Crippen LogP contribution is 2.38. The number of aromatic amines is 1. The first kappa shape index (κ1) is 17.6. The van der Waals surface area contributed by atoms with Crippen LogP contribution in [0, 0.1) is 17.2 Å². The van der Waals surface area contributed by atoms with E-state index < -0.39 is 5.95 Å². The Bertz CT molecular complexity index is 961. The van der Waals surface area contributed by atoms with Gasteiger partial charge in [0.15, 0.2) is 0 Å². The number of nitrogens with one attached hydrogen (secondary N) is 2. The summed E-state index contributed by atoms with van der Waals surface area (Å²) in [6, 6.07) is 9.41. The molecule has 0 saturated carbocycles. The van der Waals surface area contributed by atoms with Crippen molar-refractivity contribution in [1.82, 2.24) is 15.2 Å². The van der Waals surface area contributed by atoms with Gasteiger partial charge in [-0.3, -0.25) is 5.10 Å². The van der Waals surface area contributed by atoms with Crippen molar-refractivity contribution >= 4 is 5.82 Å². The molecule has 0 radical (unpaired) electrons. The lowest BCUT2D eigenvalue weighted by Crippen LogP contribution is -2.21. The first-order chi connectivity index (χ1) is 12.9. The Hall–Kier alpha value is -2.76. The van der Waals surface area contributed by atoms with Gasteiger partial charge in [-0.25, -0.2) is 9.37 Å². The SMILES string of the molecule is CC1(C)CCc2c(-c3cc(F)nc(NCc4ccc(F)cc4)c3)n[nH]c2C1. The minimum atomic E-state index is -0.554. The standard InChI is InChI=1S/C21H22F2N4/c1-21(2)8-7-16-17(11-21)26-27-20(16)14-9-18(23)25-19(10-14)24-12-13-3-5-15(22)6-4-13/h3-6,9-10H,7-8,11-12H2,1-2H3,(H,24,25)(H,26,27). The van der Waals surface area contributed by atoms with Gasteiger partial charge < -0.3 is 5.32 Å². The highest BCUT2D eigenvalue weighted by molar-refractivity contribution is 5.67. The maximum absolute atomic E-state index is 14.1. The smallest absolute Gasteiger partial charge is 0.215 e. The number of rotatable bonds is 4. The molecule has 2 N–H and O–H groups in total. The van der Waals surface area contributed by atoms with Gasteiger partial charge in [0.2, 0.25) is 5.95 Å². The largest absolute Gasteiger partial charge is 0.366 e. The van der Waals surface area contributed by atoms with Gasteiger partial charge in [0, 0.05) is 29.4 Å². The Morgan fingerprint density at radius 2 is 1.93 bits per heavy atom. The van der Waals surface area contributed by atoms with E-state index in [4.69, 9.17) is 0 Å².